The molecular formula is C68H127NO5. The number of unbranched alkanes of at least 4 members (excludes halogenated alkanes) is 44. The number of esters is 1. The lowest BCUT2D eigenvalue weighted by Gasteiger charge is -2.20. The molecule has 0 aliphatic rings. The fourth-order valence-corrected chi connectivity index (χ4v) is 10.0. The predicted octanol–water partition coefficient (Wildman–Crippen LogP) is 20.9. The normalized spacial score (nSPS) is 12.9. The van der Waals surface area contributed by atoms with Gasteiger partial charge in [0.1, 0.15) is 0 Å². The van der Waals surface area contributed by atoms with Gasteiger partial charge in [-0.1, -0.05) is 294 Å². The van der Waals surface area contributed by atoms with Crippen molar-refractivity contribution in [2.45, 2.75) is 360 Å². The molecule has 0 bridgehead atoms. The number of ether oxygens (including phenoxy) is 1. The van der Waals surface area contributed by atoms with Crippen LogP contribution in [0.4, 0.5) is 0 Å². The van der Waals surface area contributed by atoms with Crippen molar-refractivity contribution in [3.8, 4) is 0 Å². The molecular weight excluding hydrogens is 911 g/mol. The molecule has 74 heavy (non-hydrogen) atoms. The Bertz CT molecular complexity index is 1240. The van der Waals surface area contributed by atoms with Gasteiger partial charge >= 0.3 is 5.97 Å². The first-order valence-electron chi connectivity index (χ1n) is 32.9. The van der Waals surface area contributed by atoms with Crippen molar-refractivity contribution >= 4 is 11.9 Å². The van der Waals surface area contributed by atoms with E-state index < -0.39 is 12.1 Å². The Hall–Kier alpha value is -2.18. The quantitative estimate of drug-likeness (QED) is 0.0320. The Kier molecular flexibility index (Phi) is 61.5. The molecule has 0 aliphatic heterocycles. The first kappa shape index (κ1) is 71.8. The molecule has 0 spiro atoms. The molecule has 6 heteroatoms. The smallest absolute Gasteiger partial charge is 0.305 e. The molecule has 1 amide bonds. The number of aliphatic hydroxyl groups excluding tert-OH is 2. The minimum atomic E-state index is -0.853. The van der Waals surface area contributed by atoms with E-state index in [1.807, 2.05) is 6.08 Å². The molecule has 0 saturated heterocycles. The zero-order valence-corrected chi connectivity index (χ0v) is 49.6. The summed E-state index contributed by atoms with van der Waals surface area (Å²) < 4.78 is 5.49. The van der Waals surface area contributed by atoms with Crippen LogP contribution in [-0.4, -0.2) is 47.4 Å². The molecule has 0 rings (SSSR count). The molecule has 0 aromatic rings. The van der Waals surface area contributed by atoms with Gasteiger partial charge < -0.3 is 20.3 Å². The second kappa shape index (κ2) is 63.4. The van der Waals surface area contributed by atoms with Gasteiger partial charge in [0, 0.05) is 12.8 Å². The van der Waals surface area contributed by atoms with Gasteiger partial charge in [0.2, 0.25) is 5.91 Å². The fourth-order valence-electron chi connectivity index (χ4n) is 10.0. The van der Waals surface area contributed by atoms with E-state index in [4.69, 9.17) is 4.74 Å². The minimum Gasteiger partial charge on any atom is -0.466 e. The molecule has 0 aromatic carbocycles. The third kappa shape index (κ3) is 59.1. The van der Waals surface area contributed by atoms with E-state index in [2.05, 4.69) is 55.6 Å². The molecule has 0 heterocycles. The van der Waals surface area contributed by atoms with E-state index in [-0.39, 0.29) is 18.5 Å². The van der Waals surface area contributed by atoms with Crippen LogP contribution in [0.5, 0.6) is 0 Å². The first-order chi connectivity index (χ1) is 36.5. The number of carbonyl (C=O) groups excluding carboxylic acids is 2. The summed E-state index contributed by atoms with van der Waals surface area (Å²) in [5.41, 5.74) is 0. The van der Waals surface area contributed by atoms with Gasteiger partial charge in [-0.15, -0.1) is 0 Å². The number of amides is 1. The highest BCUT2D eigenvalue weighted by atomic mass is 16.5. The number of hydrogen-bond donors (Lipinski definition) is 3. The largest absolute Gasteiger partial charge is 0.466 e. The van der Waals surface area contributed by atoms with Crippen LogP contribution in [0.2, 0.25) is 0 Å². The molecule has 3 N–H and O–H groups in total. The van der Waals surface area contributed by atoms with Gasteiger partial charge in [-0.25, -0.2) is 0 Å². The monoisotopic (exact) mass is 1040 g/mol. The second-order valence-electron chi connectivity index (χ2n) is 22.4. The molecule has 0 fully saturated rings. The average Bonchev–Trinajstić information content (AvgIpc) is 3.40. The van der Waals surface area contributed by atoms with Gasteiger partial charge in [0.05, 0.1) is 25.4 Å². The third-order valence-electron chi connectivity index (χ3n) is 15.1. The zero-order chi connectivity index (χ0) is 53.6. The Morgan fingerprint density at radius 2 is 0.676 bits per heavy atom. The maximum absolute atomic E-state index is 12.5. The molecule has 0 aromatic heterocycles. The summed E-state index contributed by atoms with van der Waals surface area (Å²) in [5, 5.41) is 23.2. The van der Waals surface area contributed by atoms with Gasteiger partial charge in [-0.05, 0) is 89.9 Å². The molecule has 6 nitrogen and oxygen atoms in total. The number of carbonyl (C=O) groups is 2. The number of allylic oxidation sites excluding steroid dienone is 7. The fraction of sp³-hybridized carbons (Fsp3) is 0.853. The summed E-state index contributed by atoms with van der Waals surface area (Å²) in [6, 6.07) is -0.637. The van der Waals surface area contributed by atoms with E-state index in [0.717, 1.165) is 64.2 Å². The SMILES string of the molecule is CCCCCC/C=C\C/C=C\CCCCCCCCCC(=O)OCCCCCCCCCC/C=C\CCCCCCCCCC(=O)NC(CO)C(O)/C=C/CCCCCCCCCCCCCCCCCCCC. The highest BCUT2D eigenvalue weighted by Crippen LogP contribution is 2.17. The Labute approximate surface area is 461 Å². The maximum Gasteiger partial charge on any atom is 0.305 e. The first-order valence-corrected chi connectivity index (χ1v) is 32.9. The summed E-state index contributed by atoms with van der Waals surface area (Å²) in [6.07, 6.45) is 81.5. The van der Waals surface area contributed by atoms with E-state index in [1.165, 1.54) is 257 Å². The van der Waals surface area contributed by atoms with Crippen molar-refractivity contribution in [1.29, 1.82) is 0 Å². The number of hydrogen-bond acceptors (Lipinski definition) is 5. The predicted molar refractivity (Wildman–Crippen MR) is 324 cm³/mol. The summed E-state index contributed by atoms with van der Waals surface area (Å²) in [4.78, 5) is 24.6. The lowest BCUT2D eigenvalue weighted by atomic mass is 10.0. The van der Waals surface area contributed by atoms with Gasteiger partial charge in [0.25, 0.3) is 0 Å². The lowest BCUT2D eigenvalue weighted by molar-refractivity contribution is -0.143. The molecule has 0 aliphatic carbocycles. The molecule has 2 unspecified atom stereocenters. The maximum atomic E-state index is 12.5. The Balaban J connectivity index is 3.47. The Morgan fingerprint density at radius 3 is 1.05 bits per heavy atom. The second-order valence-corrected chi connectivity index (χ2v) is 22.4. The minimum absolute atomic E-state index is 0.00404. The Morgan fingerprint density at radius 1 is 0.378 bits per heavy atom. The van der Waals surface area contributed by atoms with Crippen LogP contribution in [0.25, 0.3) is 0 Å². The third-order valence-corrected chi connectivity index (χ3v) is 15.1. The van der Waals surface area contributed by atoms with Crippen molar-refractivity contribution in [2.75, 3.05) is 13.2 Å². The number of rotatable bonds is 61. The van der Waals surface area contributed by atoms with E-state index in [9.17, 15) is 19.8 Å². The average molecular weight is 1040 g/mol. The van der Waals surface area contributed by atoms with Crippen molar-refractivity contribution in [3.05, 3.63) is 48.6 Å². The van der Waals surface area contributed by atoms with E-state index in [1.54, 1.807) is 6.08 Å². The van der Waals surface area contributed by atoms with Gasteiger partial charge in [-0.2, -0.15) is 0 Å². The standard InChI is InChI=1S/C68H127NO5/c1-3-5-7-9-11-13-15-17-19-21-23-25-28-32-36-40-44-48-52-56-60-66(71)65(64-70)69-67(72)61-57-53-49-45-41-37-33-29-26-24-27-31-35-39-43-47-51-55-59-63-74-68(73)62-58-54-50-46-42-38-34-30-22-20-18-16-14-12-10-8-6-4-2/h14,16,20,22,24,26,56,60,65-66,70-71H,3-13,15,17-19,21,23,25,27-55,57-59,61-64H2,1-2H3,(H,69,72)/b16-14-,22-20-,26-24-,60-56+. The van der Waals surface area contributed by atoms with Gasteiger partial charge in [-0.3, -0.25) is 9.59 Å². The summed E-state index contributed by atoms with van der Waals surface area (Å²) >= 11 is 0. The topological polar surface area (TPSA) is 95.9 Å². The number of nitrogens with one attached hydrogen (secondary N) is 1. The van der Waals surface area contributed by atoms with Crippen molar-refractivity contribution in [1.82, 2.24) is 5.32 Å². The van der Waals surface area contributed by atoms with Crippen LogP contribution < -0.4 is 5.32 Å². The highest BCUT2D eigenvalue weighted by molar-refractivity contribution is 5.76. The van der Waals surface area contributed by atoms with Crippen LogP contribution in [0.15, 0.2) is 48.6 Å². The summed E-state index contributed by atoms with van der Waals surface area (Å²) in [7, 11) is 0. The van der Waals surface area contributed by atoms with Gasteiger partial charge in [0.15, 0.2) is 0 Å². The van der Waals surface area contributed by atoms with Crippen molar-refractivity contribution in [3.63, 3.8) is 0 Å². The highest BCUT2D eigenvalue weighted by Gasteiger charge is 2.18. The van der Waals surface area contributed by atoms with Crippen LogP contribution in [-0.2, 0) is 14.3 Å². The van der Waals surface area contributed by atoms with E-state index in [0.29, 0.717) is 19.4 Å². The zero-order valence-electron chi connectivity index (χ0n) is 49.6. The summed E-state index contributed by atoms with van der Waals surface area (Å²) in [6.45, 7) is 4.89. The summed E-state index contributed by atoms with van der Waals surface area (Å²) in [5.74, 6) is -0.0797. The lowest BCUT2D eigenvalue weighted by Crippen LogP contribution is -2.45. The van der Waals surface area contributed by atoms with Crippen LogP contribution in [0.3, 0.4) is 0 Å². The van der Waals surface area contributed by atoms with Crippen molar-refractivity contribution in [2.24, 2.45) is 0 Å². The van der Waals surface area contributed by atoms with Crippen LogP contribution >= 0.6 is 0 Å². The van der Waals surface area contributed by atoms with Crippen LogP contribution in [0.1, 0.15) is 348 Å². The van der Waals surface area contributed by atoms with E-state index >= 15 is 0 Å². The van der Waals surface area contributed by atoms with Crippen molar-refractivity contribution < 1.29 is 24.5 Å². The number of aliphatic hydroxyl groups is 2. The van der Waals surface area contributed by atoms with Crippen LogP contribution in [0, 0.1) is 0 Å². The molecule has 434 valence electrons. The molecule has 2 atom stereocenters. The molecule has 0 saturated carbocycles. The molecule has 0 radical (unpaired) electrons.